The molecule has 1 aliphatic rings. The van der Waals surface area contributed by atoms with Crippen molar-refractivity contribution in [1.82, 2.24) is 0 Å². The first kappa shape index (κ1) is 15.1. The summed E-state index contributed by atoms with van der Waals surface area (Å²) in [5.41, 5.74) is 4.17. The van der Waals surface area contributed by atoms with E-state index in [1.165, 1.54) is 42.6 Å². The van der Waals surface area contributed by atoms with Gasteiger partial charge in [-0.3, -0.25) is 0 Å². The lowest BCUT2D eigenvalue weighted by Crippen LogP contribution is -2.30. The molecule has 2 aromatic rings. The van der Waals surface area contributed by atoms with Crippen LogP contribution in [-0.4, -0.2) is 6.54 Å². The molecule has 0 radical (unpaired) electrons. The third kappa shape index (κ3) is 3.52. The van der Waals surface area contributed by atoms with E-state index < -0.39 is 0 Å². The molecule has 1 saturated carbocycles. The quantitative estimate of drug-likeness (QED) is 0.709. The number of aryl methyl sites for hydroxylation is 1. The molecule has 22 heavy (non-hydrogen) atoms. The van der Waals surface area contributed by atoms with E-state index in [0.29, 0.717) is 0 Å². The van der Waals surface area contributed by atoms with Gasteiger partial charge in [-0.2, -0.15) is 0 Å². The first-order valence-electron chi connectivity index (χ1n) is 8.58. The summed E-state index contributed by atoms with van der Waals surface area (Å²) in [6.45, 7) is 6.84. The van der Waals surface area contributed by atoms with Gasteiger partial charge in [0.05, 0.1) is 0 Å². The molecule has 1 fully saturated rings. The summed E-state index contributed by atoms with van der Waals surface area (Å²) in [6, 6.07) is 19.7. The van der Waals surface area contributed by atoms with Crippen LogP contribution < -0.4 is 4.90 Å². The fraction of sp³-hybridized carbons (Fsp3) is 0.429. The van der Waals surface area contributed by atoms with Gasteiger partial charge in [0, 0.05) is 18.8 Å². The van der Waals surface area contributed by atoms with Crippen LogP contribution in [0.5, 0.6) is 0 Å². The summed E-state index contributed by atoms with van der Waals surface area (Å²) in [5, 5.41) is 0. The van der Waals surface area contributed by atoms with Gasteiger partial charge in [-0.1, -0.05) is 68.3 Å². The van der Waals surface area contributed by atoms with E-state index >= 15 is 0 Å². The van der Waals surface area contributed by atoms with Crippen LogP contribution in [-0.2, 0) is 6.54 Å². The van der Waals surface area contributed by atoms with Crippen LogP contribution in [0.15, 0.2) is 54.6 Å². The molecule has 116 valence electrons. The van der Waals surface area contributed by atoms with Gasteiger partial charge in [-0.25, -0.2) is 0 Å². The van der Waals surface area contributed by atoms with Gasteiger partial charge in [-0.15, -0.1) is 0 Å². The monoisotopic (exact) mass is 293 g/mol. The van der Waals surface area contributed by atoms with Crippen molar-refractivity contribution < 1.29 is 0 Å². The van der Waals surface area contributed by atoms with E-state index in [4.69, 9.17) is 0 Å². The van der Waals surface area contributed by atoms with Crippen LogP contribution in [0.1, 0.15) is 37.3 Å². The molecule has 2 atom stereocenters. The number of anilines is 1. The predicted octanol–water partition coefficient (Wildman–Crippen LogP) is 5.44. The molecule has 1 heteroatoms. The predicted molar refractivity (Wildman–Crippen MR) is 95.2 cm³/mol. The lowest BCUT2D eigenvalue weighted by Gasteiger charge is -2.31. The summed E-state index contributed by atoms with van der Waals surface area (Å²) >= 11 is 0. The zero-order valence-electron chi connectivity index (χ0n) is 13.8. The normalized spacial score (nSPS) is 21.0. The maximum absolute atomic E-state index is 2.59. The average molecular weight is 293 g/mol. The lowest BCUT2D eigenvalue weighted by molar-refractivity contribution is 0.415. The third-order valence-corrected chi connectivity index (χ3v) is 5.17. The zero-order valence-corrected chi connectivity index (χ0v) is 13.8. The molecule has 0 spiro atoms. The van der Waals surface area contributed by atoms with Gasteiger partial charge < -0.3 is 4.90 Å². The van der Waals surface area contributed by atoms with Crippen molar-refractivity contribution in [3.63, 3.8) is 0 Å². The number of hydrogen-bond donors (Lipinski definition) is 0. The molecule has 3 rings (SSSR count). The summed E-state index contributed by atoms with van der Waals surface area (Å²) in [7, 11) is 0. The Kier molecular flexibility index (Phi) is 4.82. The molecule has 0 aromatic heterocycles. The molecule has 0 aliphatic heterocycles. The first-order chi connectivity index (χ1) is 10.7. The Morgan fingerprint density at radius 2 is 1.68 bits per heavy atom. The highest BCUT2D eigenvalue weighted by Crippen LogP contribution is 2.34. The van der Waals surface area contributed by atoms with Crippen LogP contribution in [0, 0.1) is 18.8 Å². The maximum atomic E-state index is 2.59. The second-order valence-electron chi connectivity index (χ2n) is 6.82. The van der Waals surface area contributed by atoms with E-state index in [1.54, 1.807) is 0 Å². The Morgan fingerprint density at radius 3 is 2.36 bits per heavy atom. The minimum absolute atomic E-state index is 0.836. The van der Waals surface area contributed by atoms with E-state index in [1.807, 2.05) is 0 Å². The van der Waals surface area contributed by atoms with Crippen LogP contribution in [0.3, 0.4) is 0 Å². The molecule has 2 aromatic carbocycles. The van der Waals surface area contributed by atoms with E-state index in [9.17, 15) is 0 Å². The van der Waals surface area contributed by atoms with Crippen molar-refractivity contribution in [2.75, 3.05) is 11.4 Å². The number of nitrogens with zero attached hydrogens (tertiary/aromatic N) is 1. The maximum Gasteiger partial charge on any atom is 0.0429 e. The minimum atomic E-state index is 0.836. The van der Waals surface area contributed by atoms with Crippen LogP contribution >= 0.6 is 0 Å². The molecular formula is C21H27N. The fourth-order valence-electron chi connectivity index (χ4n) is 3.75. The summed E-state index contributed by atoms with van der Waals surface area (Å²) in [6.07, 6.45) is 4.19. The third-order valence-electron chi connectivity index (χ3n) is 5.17. The first-order valence-corrected chi connectivity index (χ1v) is 8.58. The number of benzene rings is 2. The van der Waals surface area contributed by atoms with Crippen molar-refractivity contribution in [1.29, 1.82) is 0 Å². The second-order valence-corrected chi connectivity index (χ2v) is 6.82. The van der Waals surface area contributed by atoms with Crippen molar-refractivity contribution in [3.8, 4) is 0 Å². The van der Waals surface area contributed by atoms with Gasteiger partial charge in [0.1, 0.15) is 0 Å². The van der Waals surface area contributed by atoms with Crippen LogP contribution in [0.25, 0.3) is 0 Å². The molecule has 0 N–H and O–H groups in total. The Bertz CT molecular complexity index is 590. The molecule has 0 heterocycles. The van der Waals surface area contributed by atoms with Gasteiger partial charge in [0.2, 0.25) is 0 Å². The number of para-hydroxylation sites is 1. The molecule has 2 unspecified atom stereocenters. The topological polar surface area (TPSA) is 3.24 Å². The Hall–Kier alpha value is -1.76. The molecule has 0 amide bonds. The minimum Gasteiger partial charge on any atom is -0.367 e. The van der Waals surface area contributed by atoms with E-state index in [0.717, 1.165) is 18.4 Å². The van der Waals surface area contributed by atoms with Crippen molar-refractivity contribution in [2.45, 2.75) is 39.7 Å². The van der Waals surface area contributed by atoms with E-state index in [2.05, 4.69) is 73.3 Å². The molecule has 1 aliphatic carbocycles. The van der Waals surface area contributed by atoms with Crippen molar-refractivity contribution >= 4 is 5.69 Å². The standard InChI is InChI=1S/C21H27N/c1-17-10-8-13-20(17)16-22(15-19-11-4-3-5-12-19)21-14-7-6-9-18(21)2/h3-7,9,11-12,14,17,20H,8,10,13,15-16H2,1-2H3. The Morgan fingerprint density at radius 1 is 0.955 bits per heavy atom. The molecule has 1 nitrogen and oxygen atoms in total. The molecular weight excluding hydrogens is 266 g/mol. The second kappa shape index (κ2) is 7.00. The zero-order chi connectivity index (χ0) is 15.4. The smallest absolute Gasteiger partial charge is 0.0429 e. The highest BCUT2D eigenvalue weighted by molar-refractivity contribution is 5.53. The molecule has 0 bridgehead atoms. The average Bonchev–Trinajstić information content (AvgIpc) is 2.93. The Balaban J connectivity index is 1.83. The van der Waals surface area contributed by atoms with Gasteiger partial charge in [0.25, 0.3) is 0 Å². The number of hydrogen-bond acceptors (Lipinski definition) is 1. The van der Waals surface area contributed by atoms with Crippen LogP contribution in [0.2, 0.25) is 0 Å². The van der Waals surface area contributed by atoms with E-state index in [-0.39, 0.29) is 0 Å². The summed E-state index contributed by atoms with van der Waals surface area (Å²) in [4.78, 5) is 2.59. The van der Waals surface area contributed by atoms with Crippen molar-refractivity contribution in [2.24, 2.45) is 11.8 Å². The highest BCUT2D eigenvalue weighted by atomic mass is 15.1. The molecule has 0 saturated heterocycles. The summed E-state index contributed by atoms with van der Waals surface area (Å²) in [5.74, 6) is 1.70. The lowest BCUT2D eigenvalue weighted by atomic mass is 9.96. The largest absolute Gasteiger partial charge is 0.367 e. The van der Waals surface area contributed by atoms with Crippen molar-refractivity contribution in [3.05, 3.63) is 65.7 Å². The highest BCUT2D eigenvalue weighted by Gasteiger charge is 2.26. The Labute approximate surface area is 135 Å². The van der Waals surface area contributed by atoms with Crippen LogP contribution in [0.4, 0.5) is 5.69 Å². The fourth-order valence-corrected chi connectivity index (χ4v) is 3.75. The number of rotatable bonds is 5. The SMILES string of the molecule is Cc1ccccc1N(Cc1ccccc1)CC1CCCC1C. The van der Waals surface area contributed by atoms with Gasteiger partial charge in [0.15, 0.2) is 0 Å². The van der Waals surface area contributed by atoms with Gasteiger partial charge >= 0.3 is 0 Å². The van der Waals surface area contributed by atoms with Gasteiger partial charge in [-0.05, 0) is 42.4 Å². The summed E-state index contributed by atoms with van der Waals surface area (Å²) < 4.78 is 0.